The molecule has 9 nitrogen and oxygen atoms in total. The predicted octanol–water partition coefficient (Wildman–Crippen LogP) is 6.27. The van der Waals surface area contributed by atoms with E-state index in [9.17, 15) is 9.59 Å². The second kappa shape index (κ2) is 13.6. The van der Waals surface area contributed by atoms with Crippen molar-refractivity contribution >= 4 is 17.6 Å². The quantitative estimate of drug-likeness (QED) is 0.279. The van der Waals surface area contributed by atoms with Crippen LogP contribution in [0.1, 0.15) is 67.7 Å². The number of aryl methyl sites for hydroxylation is 1. The van der Waals surface area contributed by atoms with Crippen molar-refractivity contribution in [3.8, 4) is 11.5 Å². The van der Waals surface area contributed by atoms with Crippen LogP contribution in [0.3, 0.4) is 0 Å². The Bertz CT molecular complexity index is 1320. The van der Waals surface area contributed by atoms with E-state index in [0.717, 1.165) is 28.1 Å². The molecule has 0 aliphatic carbocycles. The first-order valence-electron chi connectivity index (χ1n) is 14.1. The number of furan rings is 1. The lowest BCUT2D eigenvalue weighted by Gasteiger charge is -2.28. The molecular weight excluding hydrogens is 522 g/mol. The second-order valence-corrected chi connectivity index (χ2v) is 10.9. The number of methoxy groups -OCH3 is 1. The Labute approximate surface area is 242 Å². The molecule has 4 rings (SSSR count). The van der Waals surface area contributed by atoms with Gasteiger partial charge in [-0.25, -0.2) is 4.79 Å². The molecule has 0 bridgehead atoms. The lowest BCUT2D eigenvalue weighted by molar-refractivity contribution is -0.133. The summed E-state index contributed by atoms with van der Waals surface area (Å²) in [7, 11) is 1.58. The van der Waals surface area contributed by atoms with Crippen molar-refractivity contribution < 1.29 is 28.2 Å². The minimum atomic E-state index is -0.345. The van der Waals surface area contributed by atoms with Gasteiger partial charge < -0.3 is 33.7 Å². The zero-order chi connectivity index (χ0) is 29.5. The molecule has 3 amide bonds. The monoisotopic (exact) mass is 563 g/mol. The summed E-state index contributed by atoms with van der Waals surface area (Å²) in [5.41, 5.74) is 3.80. The number of rotatable bonds is 12. The minimum absolute atomic E-state index is 0.125. The average molecular weight is 564 g/mol. The molecule has 2 heterocycles. The molecule has 0 atom stereocenters. The second-order valence-electron chi connectivity index (χ2n) is 10.9. The van der Waals surface area contributed by atoms with E-state index in [4.69, 9.17) is 18.6 Å². The van der Waals surface area contributed by atoms with Crippen molar-refractivity contribution in [2.24, 2.45) is 0 Å². The molecule has 2 aromatic carbocycles. The third-order valence-electron chi connectivity index (χ3n) is 7.09. The molecule has 3 aromatic rings. The summed E-state index contributed by atoms with van der Waals surface area (Å²) >= 11 is 0. The summed E-state index contributed by atoms with van der Waals surface area (Å²) in [4.78, 5) is 30.7. The molecule has 0 fully saturated rings. The van der Waals surface area contributed by atoms with Crippen LogP contribution in [0.4, 0.5) is 10.5 Å². The van der Waals surface area contributed by atoms with E-state index >= 15 is 0 Å². The van der Waals surface area contributed by atoms with Gasteiger partial charge in [0.2, 0.25) is 12.7 Å². The Kier molecular flexibility index (Phi) is 9.94. The molecule has 9 heteroatoms. The fraction of sp³-hybridized carbons (Fsp3) is 0.438. The number of ether oxygens (including phenoxy) is 3. The van der Waals surface area contributed by atoms with Crippen LogP contribution in [0.5, 0.6) is 11.5 Å². The molecule has 0 spiro atoms. The van der Waals surface area contributed by atoms with Gasteiger partial charge in [0.15, 0.2) is 11.5 Å². The zero-order valence-electron chi connectivity index (χ0n) is 24.9. The summed E-state index contributed by atoms with van der Waals surface area (Å²) < 4.78 is 22.0. The molecule has 0 saturated carbocycles. The Morgan fingerprint density at radius 1 is 0.927 bits per heavy atom. The standard InChI is InChI=1S/C32H41N3O6/c1-21(2)26-8-7-9-27(22(3)4)31(26)33-32(37)34(14-15-38-6)19-30(36)35(18-25-12-10-23(5)41-25)17-24-11-13-28-29(16-24)40-20-39-28/h7-13,16,21-22H,14-15,17-20H2,1-6H3,(H,33,37). The van der Waals surface area contributed by atoms with Crippen LogP contribution in [0.25, 0.3) is 0 Å². The predicted molar refractivity (Wildman–Crippen MR) is 157 cm³/mol. The third-order valence-corrected chi connectivity index (χ3v) is 7.09. The molecular formula is C32H41N3O6. The van der Waals surface area contributed by atoms with Gasteiger partial charge in [0.05, 0.1) is 13.2 Å². The summed E-state index contributed by atoms with van der Waals surface area (Å²) in [6.07, 6.45) is 0. The van der Waals surface area contributed by atoms with Gasteiger partial charge in [-0.15, -0.1) is 0 Å². The highest BCUT2D eigenvalue weighted by molar-refractivity contribution is 5.94. The number of carbonyl (C=O) groups is 2. The van der Waals surface area contributed by atoms with Crippen molar-refractivity contribution in [3.63, 3.8) is 0 Å². The van der Waals surface area contributed by atoms with Gasteiger partial charge in [-0.1, -0.05) is 52.0 Å². The first-order chi connectivity index (χ1) is 19.7. The number of hydrogen-bond donors (Lipinski definition) is 1. The number of hydrogen-bond acceptors (Lipinski definition) is 6. The molecule has 41 heavy (non-hydrogen) atoms. The maximum atomic E-state index is 13.8. The Morgan fingerprint density at radius 2 is 1.63 bits per heavy atom. The largest absolute Gasteiger partial charge is 0.464 e. The fourth-order valence-corrected chi connectivity index (χ4v) is 4.85. The Morgan fingerprint density at radius 3 is 2.27 bits per heavy atom. The first-order valence-corrected chi connectivity index (χ1v) is 14.1. The molecule has 1 aliphatic rings. The molecule has 0 saturated heterocycles. The summed E-state index contributed by atoms with van der Waals surface area (Å²) in [6.45, 7) is 11.4. The molecule has 1 N–H and O–H groups in total. The zero-order valence-corrected chi connectivity index (χ0v) is 24.9. The van der Waals surface area contributed by atoms with Crippen LogP contribution in [0.2, 0.25) is 0 Å². The number of urea groups is 1. The number of fused-ring (bicyclic) bond motifs is 1. The van der Waals surface area contributed by atoms with E-state index in [2.05, 4.69) is 33.0 Å². The molecule has 1 aromatic heterocycles. The van der Waals surface area contributed by atoms with E-state index in [1.165, 1.54) is 4.90 Å². The third kappa shape index (κ3) is 7.61. The summed E-state index contributed by atoms with van der Waals surface area (Å²) in [6, 6.07) is 15.1. The van der Waals surface area contributed by atoms with Gasteiger partial charge in [-0.05, 0) is 59.7 Å². The van der Waals surface area contributed by atoms with Gasteiger partial charge in [0, 0.05) is 25.9 Å². The number of nitrogens with zero attached hydrogens (tertiary/aromatic N) is 2. The Balaban J connectivity index is 1.57. The molecule has 220 valence electrons. The number of benzene rings is 2. The highest BCUT2D eigenvalue weighted by atomic mass is 16.7. The lowest BCUT2D eigenvalue weighted by Crippen LogP contribution is -2.45. The van der Waals surface area contributed by atoms with Gasteiger partial charge in [0.25, 0.3) is 0 Å². The maximum absolute atomic E-state index is 13.8. The fourth-order valence-electron chi connectivity index (χ4n) is 4.85. The number of nitrogens with one attached hydrogen (secondary N) is 1. The van der Waals surface area contributed by atoms with E-state index in [-0.39, 0.29) is 50.2 Å². The first kappa shape index (κ1) is 30.0. The van der Waals surface area contributed by atoms with Crippen molar-refractivity contribution in [1.82, 2.24) is 9.80 Å². The smallest absolute Gasteiger partial charge is 0.322 e. The van der Waals surface area contributed by atoms with Gasteiger partial charge >= 0.3 is 6.03 Å². The van der Waals surface area contributed by atoms with Crippen LogP contribution in [0.15, 0.2) is 52.9 Å². The van der Waals surface area contributed by atoms with E-state index in [0.29, 0.717) is 30.4 Å². The van der Waals surface area contributed by atoms with Crippen LogP contribution < -0.4 is 14.8 Å². The van der Waals surface area contributed by atoms with Gasteiger partial charge in [0.1, 0.15) is 18.1 Å². The van der Waals surface area contributed by atoms with Crippen LogP contribution in [-0.2, 0) is 22.6 Å². The van der Waals surface area contributed by atoms with Gasteiger partial charge in [-0.2, -0.15) is 0 Å². The van der Waals surface area contributed by atoms with Crippen LogP contribution in [-0.4, -0.2) is 55.3 Å². The van der Waals surface area contributed by atoms with E-state index < -0.39 is 0 Å². The van der Waals surface area contributed by atoms with Crippen LogP contribution >= 0.6 is 0 Å². The average Bonchev–Trinajstić information content (AvgIpc) is 3.58. The highest BCUT2D eigenvalue weighted by Gasteiger charge is 2.25. The lowest BCUT2D eigenvalue weighted by atomic mass is 9.93. The minimum Gasteiger partial charge on any atom is -0.464 e. The van der Waals surface area contributed by atoms with Crippen molar-refractivity contribution in [2.75, 3.05) is 38.9 Å². The SMILES string of the molecule is COCCN(CC(=O)N(Cc1ccc2c(c1)OCO2)Cc1ccc(C)o1)C(=O)Nc1c(C(C)C)cccc1C(C)C. The van der Waals surface area contributed by atoms with E-state index in [1.54, 1.807) is 12.0 Å². The summed E-state index contributed by atoms with van der Waals surface area (Å²) in [5, 5.41) is 3.14. The number of amides is 3. The molecule has 0 radical (unpaired) electrons. The van der Waals surface area contributed by atoms with Gasteiger partial charge in [-0.3, -0.25) is 4.79 Å². The normalized spacial score (nSPS) is 12.2. The van der Waals surface area contributed by atoms with Crippen molar-refractivity contribution in [2.45, 2.75) is 59.5 Å². The highest BCUT2D eigenvalue weighted by Crippen LogP contribution is 2.34. The Hall–Kier alpha value is -3.98. The van der Waals surface area contributed by atoms with Crippen LogP contribution in [0, 0.1) is 6.92 Å². The van der Waals surface area contributed by atoms with Crippen molar-refractivity contribution in [3.05, 3.63) is 76.7 Å². The maximum Gasteiger partial charge on any atom is 0.322 e. The summed E-state index contributed by atoms with van der Waals surface area (Å²) in [5.74, 6) is 2.97. The topological polar surface area (TPSA) is 93.5 Å². The number of para-hydroxylation sites is 1. The molecule has 0 unspecified atom stereocenters. The number of anilines is 1. The van der Waals surface area contributed by atoms with Crippen molar-refractivity contribution in [1.29, 1.82) is 0 Å². The molecule has 1 aliphatic heterocycles. The number of carbonyl (C=O) groups excluding carboxylic acids is 2. The van der Waals surface area contributed by atoms with E-state index in [1.807, 2.05) is 55.5 Å².